The minimum atomic E-state index is -0.387. The van der Waals surface area contributed by atoms with Crippen LogP contribution in [0.1, 0.15) is 66.4 Å². The molecule has 0 radical (unpaired) electrons. The second-order valence-electron chi connectivity index (χ2n) is 7.41. The Morgan fingerprint density at radius 1 is 0.464 bits per heavy atom. The zero-order valence-electron chi connectivity index (χ0n) is 16.1. The molecule has 0 saturated carbocycles. The maximum Gasteiger partial charge on any atom is 0.194 e. The Morgan fingerprint density at radius 2 is 0.821 bits per heavy atom. The average molecular weight is 370 g/mol. The highest BCUT2D eigenvalue weighted by molar-refractivity contribution is 6.36. The predicted octanol–water partition coefficient (Wildman–Crippen LogP) is 4.39. The summed E-state index contributed by atoms with van der Waals surface area (Å²) in [6.07, 6.45) is 0. The SMILES string of the molecule is CC1=C(C2=C(C)C(=O)c3ccc(C)cc3C2=O)C(=O)c2cc(C)ccc2C1=O. The molecule has 4 nitrogen and oxygen atoms in total. The summed E-state index contributed by atoms with van der Waals surface area (Å²) < 4.78 is 0. The number of aryl methyl sites for hydroxylation is 2. The topological polar surface area (TPSA) is 68.3 Å². The first-order chi connectivity index (χ1) is 13.2. The van der Waals surface area contributed by atoms with Gasteiger partial charge in [-0.3, -0.25) is 19.2 Å². The highest BCUT2D eigenvalue weighted by atomic mass is 16.1. The Kier molecular flexibility index (Phi) is 3.89. The van der Waals surface area contributed by atoms with Gasteiger partial charge in [0, 0.05) is 44.5 Å². The van der Waals surface area contributed by atoms with Crippen LogP contribution in [0.3, 0.4) is 0 Å². The van der Waals surface area contributed by atoms with Crippen LogP contribution in [0.5, 0.6) is 0 Å². The number of carbonyl (C=O) groups excluding carboxylic acids is 4. The second-order valence-corrected chi connectivity index (χ2v) is 7.41. The summed E-state index contributed by atoms with van der Waals surface area (Å²) in [6.45, 7) is 6.76. The van der Waals surface area contributed by atoms with Crippen LogP contribution in [0.25, 0.3) is 0 Å². The fourth-order valence-electron chi connectivity index (χ4n) is 3.93. The number of benzene rings is 2. The van der Waals surface area contributed by atoms with Crippen LogP contribution in [0.2, 0.25) is 0 Å². The van der Waals surface area contributed by atoms with Gasteiger partial charge >= 0.3 is 0 Å². The summed E-state index contributed by atoms with van der Waals surface area (Å²) >= 11 is 0. The lowest BCUT2D eigenvalue weighted by Gasteiger charge is -2.25. The second kappa shape index (κ2) is 6.06. The number of carbonyl (C=O) groups is 4. The molecular formula is C24H18O4. The van der Waals surface area contributed by atoms with Crippen molar-refractivity contribution >= 4 is 23.1 Å². The number of hydrogen-bond donors (Lipinski definition) is 0. The number of rotatable bonds is 1. The van der Waals surface area contributed by atoms with E-state index in [0.29, 0.717) is 11.1 Å². The van der Waals surface area contributed by atoms with E-state index in [-0.39, 0.29) is 56.6 Å². The molecule has 0 aliphatic heterocycles. The third-order valence-corrected chi connectivity index (χ3v) is 5.46. The lowest BCUT2D eigenvalue weighted by molar-refractivity contribution is 0.0953. The molecule has 0 N–H and O–H groups in total. The summed E-state index contributed by atoms with van der Waals surface area (Å²) in [5, 5.41) is 0. The molecule has 0 amide bonds. The van der Waals surface area contributed by atoms with Crippen LogP contribution in [-0.4, -0.2) is 23.1 Å². The van der Waals surface area contributed by atoms with E-state index in [1.165, 1.54) is 0 Å². The molecule has 0 saturated heterocycles. The maximum absolute atomic E-state index is 13.3. The van der Waals surface area contributed by atoms with Crippen molar-refractivity contribution in [3.63, 3.8) is 0 Å². The quantitative estimate of drug-likeness (QED) is 0.746. The van der Waals surface area contributed by atoms with Crippen LogP contribution < -0.4 is 0 Å². The van der Waals surface area contributed by atoms with E-state index >= 15 is 0 Å². The smallest absolute Gasteiger partial charge is 0.194 e. The van der Waals surface area contributed by atoms with E-state index < -0.39 is 0 Å². The van der Waals surface area contributed by atoms with Gasteiger partial charge in [0.15, 0.2) is 23.1 Å². The minimum absolute atomic E-state index is 0.0473. The van der Waals surface area contributed by atoms with Crippen molar-refractivity contribution in [2.24, 2.45) is 0 Å². The molecule has 0 aromatic heterocycles. The predicted molar refractivity (Wildman–Crippen MR) is 105 cm³/mol. The Bertz CT molecular complexity index is 1110. The van der Waals surface area contributed by atoms with Crippen LogP contribution in [0.4, 0.5) is 0 Å². The van der Waals surface area contributed by atoms with Crippen molar-refractivity contribution in [2.45, 2.75) is 27.7 Å². The Morgan fingerprint density at radius 3 is 1.18 bits per heavy atom. The molecule has 0 atom stereocenters. The van der Waals surface area contributed by atoms with Crippen molar-refractivity contribution in [2.75, 3.05) is 0 Å². The van der Waals surface area contributed by atoms with Gasteiger partial charge in [-0.15, -0.1) is 0 Å². The molecule has 4 heteroatoms. The van der Waals surface area contributed by atoms with Gasteiger partial charge < -0.3 is 0 Å². The van der Waals surface area contributed by atoms with E-state index in [2.05, 4.69) is 0 Å². The lowest BCUT2D eigenvalue weighted by Crippen LogP contribution is -2.29. The van der Waals surface area contributed by atoms with Gasteiger partial charge in [0.25, 0.3) is 0 Å². The monoisotopic (exact) mass is 370 g/mol. The molecule has 0 fully saturated rings. The molecule has 0 heterocycles. The van der Waals surface area contributed by atoms with Gasteiger partial charge in [-0.1, -0.05) is 35.4 Å². The van der Waals surface area contributed by atoms with Gasteiger partial charge in [-0.2, -0.15) is 0 Å². The maximum atomic E-state index is 13.3. The van der Waals surface area contributed by atoms with Crippen LogP contribution >= 0.6 is 0 Å². The molecule has 0 spiro atoms. The molecule has 0 bridgehead atoms. The average Bonchev–Trinajstić information content (AvgIpc) is 2.67. The molecule has 28 heavy (non-hydrogen) atoms. The van der Waals surface area contributed by atoms with Crippen molar-refractivity contribution < 1.29 is 19.2 Å². The highest BCUT2D eigenvalue weighted by Crippen LogP contribution is 2.37. The number of ketones is 4. The first kappa shape index (κ1) is 18.0. The zero-order chi connectivity index (χ0) is 20.3. The van der Waals surface area contributed by atoms with Crippen molar-refractivity contribution in [3.8, 4) is 0 Å². The zero-order valence-corrected chi connectivity index (χ0v) is 16.1. The molecule has 0 unspecified atom stereocenters. The third-order valence-electron chi connectivity index (χ3n) is 5.46. The fourth-order valence-corrected chi connectivity index (χ4v) is 3.93. The number of fused-ring (bicyclic) bond motifs is 2. The largest absolute Gasteiger partial charge is 0.289 e. The van der Waals surface area contributed by atoms with Gasteiger partial charge in [0.2, 0.25) is 0 Å². The van der Waals surface area contributed by atoms with E-state index in [4.69, 9.17) is 0 Å². The van der Waals surface area contributed by atoms with Crippen molar-refractivity contribution in [3.05, 3.63) is 92.1 Å². The standard InChI is InChI=1S/C24H18O4/c1-11-5-7-15-17(9-11)23(27)19(13(3)21(15)25)20-14(4)22(26)16-8-6-12(2)10-18(16)24(20)28/h5-10H,1-4H3. The highest BCUT2D eigenvalue weighted by Gasteiger charge is 2.39. The normalized spacial score (nSPS) is 16.6. The minimum Gasteiger partial charge on any atom is -0.289 e. The van der Waals surface area contributed by atoms with Gasteiger partial charge in [-0.05, 0) is 39.8 Å². The number of hydrogen-bond acceptors (Lipinski definition) is 4. The molecule has 4 rings (SSSR count). The van der Waals surface area contributed by atoms with Crippen molar-refractivity contribution in [1.82, 2.24) is 0 Å². The Balaban J connectivity index is 1.98. The van der Waals surface area contributed by atoms with E-state index in [1.807, 2.05) is 13.8 Å². The van der Waals surface area contributed by atoms with Crippen LogP contribution in [0, 0.1) is 13.8 Å². The van der Waals surface area contributed by atoms with Crippen LogP contribution in [0.15, 0.2) is 58.7 Å². The fraction of sp³-hybridized carbons (Fsp3) is 0.167. The number of allylic oxidation sites excluding steroid dienone is 4. The van der Waals surface area contributed by atoms with E-state index in [1.54, 1.807) is 50.2 Å². The molecule has 2 aliphatic carbocycles. The van der Waals surface area contributed by atoms with Crippen molar-refractivity contribution in [1.29, 1.82) is 0 Å². The molecule has 2 aromatic carbocycles. The molecule has 138 valence electrons. The Hall–Kier alpha value is -3.40. The number of Topliss-reactive ketones (excluding diaryl/α,β-unsaturated/α-hetero) is 4. The summed E-state index contributed by atoms with van der Waals surface area (Å²) in [5.41, 5.74) is 3.41. The van der Waals surface area contributed by atoms with Crippen LogP contribution in [-0.2, 0) is 0 Å². The Labute approximate surface area is 162 Å². The summed E-state index contributed by atoms with van der Waals surface area (Å²) in [4.78, 5) is 52.4. The summed E-state index contributed by atoms with van der Waals surface area (Å²) in [5.74, 6) is -1.36. The molecule has 2 aliphatic rings. The van der Waals surface area contributed by atoms with Gasteiger partial charge in [0.05, 0.1) is 0 Å². The van der Waals surface area contributed by atoms with Gasteiger partial charge in [-0.25, -0.2) is 0 Å². The van der Waals surface area contributed by atoms with E-state index in [0.717, 1.165) is 11.1 Å². The van der Waals surface area contributed by atoms with E-state index in [9.17, 15) is 19.2 Å². The first-order valence-corrected chi connectivity index (χ1v) is 9.04. The molecular weight excluding hydrogens is 352 g/mol. The first-order valence-electron chi connectivity index (χ1n) is 9.04. The summed E-state index contributed by atoms with van der Waals surface area (Å²) in [6, 6.07) is 10.1. The lowest BCUT2D eigenvalue weighted by atomic mass is 9.74. The summed E-state index contributed by atoms with van der Waals surface area (Å²) in [7, 11) is 0. The van der Waals surface area contributed by atoms with Gasteiger partial charge in [0.1, 0.15) is 0 Å². The third kappa shape index (κ3) is 2.38. The molecule has 2 aromatic rings.